The van der Waals surface area contributed by atoms with Gasteiger partial charge in [-0.15, -0.1) is 0 Å². The maximum atomic E-state index is 12.4. The largest absolute Gasteiger partial charge is 0.463 e. The predicted octanol–water partition coefficient (Wildman–Crippen LogP) is 0.461. The van der Waals surface area contributed by atoms with E-state index in [-0.39, 0.29) is 29.8 Å². The minimum absolute atomic E-state index is 0.0109. The molecule has 0 bridgehead atoms. The molecule has 1 aliphatic rings. The van der Waals surface area contributed by atoms with Crippen LogP contribution in [0.3, 0.4) is 0 Å². The molecule has 35 heavy (non-hydrogen) atoms. The Balaban J connectivity index is 1.88. The molecule has 182 valence electrons. The van der Waals surface area contributed by atoms with Gasteiger partial charge < -0.3 is 14.2 Å². The smallest absolute Gasteiger partial charge is 0.330 e. The van der Waals surface area contributed by atoms with Crippen molar-refractivity contribution in [3.63, 3.8) is 0 Å². The average Bonchev–Trinajstić information content (AvgIpc) is 3.18. The third-order valence-corrected chi connectivity index (χ3v) is 4.86. The van der Waals surface area contributed by atoms with Crippen LogP contribution in [-0.4, -0.2) is 51.0 Å². The minimum atomic E-state index is -1.00. The van der Waals surface area contributed by atoms with Crippen LogP contribution in [0.15, 0.2) is 40.1 Å². The molecule has 0 amide bonds. The summed E-state index contributed by atoms with van der Waals surface area (Å²) in [5.74, 6) is 2.62. The highest BCUT2D eigenvalue weighted by molar-refractivity contribution is 6.09. The Hall–Kier alpha value is -4.57. The van der Waals surface area contributed by atoms with Crippen molar-refractivity contribution in [2.75, 3.05) is 6.61 Å². The number of rotatable bonds is 6. The number of ketones is 1. The molecule has 1 aliphatic heterocycles. The van der Waals surface area contributed by atoms with Gasteiger partial charge in [0.15, 0.2) is 0 Å². The van der Waals surface area contributed by atoms with Crippen molar-refractivity contribution in [2.45, 2.75) is 38.7 Å². The third kappa shape index (κ3) is 6.27. The fourth-order valence-corrected chi connectivity index (χ4v) is 3.30. The summed E-state index contributed by atoms with van der Waals surface area (Å²) < 4.78 is 16.8. The molecule has 2 aromatic rings. The standard InChI is InChI=1S/C22H19N3O10/c1-12(26)33-11-19-18(34-13(2)27)9-20(35-19)24-10-15(21(29)23-22(24)30)6-7-17(28)14-4-3-5-16(8-14)25(31)32/h3-5,8,10,18-20H,9,11H2,1-2H3,(H,23,29,30)/t18-,19+,20+/m0/s1. The van der Waals surface area contributed by atoms with E-state index in [0.29, 0.717) is 0 Å². The van der Waals surface area contributed by atoms with Gasteiger partial charge in [-0.05, 0) is 12.0 Å². The molecule has 1 aromatic heterocycles. The molecule has 1 N–H and O–H groups in total. The Morgan fingerprint density at radius 1 is 1.26 bits per heavy atom. The number of H-pyrrole nitrogens is 1. The Morgan fingerprint density at radius 2 is 2.00 bits per heavy atom. The lowest BCUT2D eigenvalue weighted by Gasteiger charge is -2.17. The van der Waals surface area contributed by atoms with Crippen LogP contribution >= 0.6 is 0 Å². The van der Waals surface area contributed by atoms with E-state index in [0.717, 1.165) is 16.8 Å². The Labute approximate surface area is 196 Å². The van der Waals surface area contributed by atoms with Crippen LogP contribution in [0.25, 0.3) is 0 Å². The normalized spacial score (nSPS) is 18.7. The summed E-state index contributed by atoms with van der Waals surface area (Å²) in [5.41, 5.74) is -2.30. The van der Waals surface area contributed by atoms with Gasteiger partial charge in [0.05, 0.1) is 4.92 Å². The molecular weight excluding hydrogens is 466 g/mol. The first-order valence-electron chi connectivity index (χ1n) is 10.2. The van der Waals surface area contributed by atoms with E-state index in [2.05, 4.69) is 16.8 Å². The van der Waals surface area contributed by atoms with E-state index in [1.165, 1.54) is 32.0 Å². The number of benzene rings is 1. The number of hydrogen-bond acceptors (Lipinski definition) is 10. The molecule has 1 saturated heterocycles. The van der Waals surface area contributed by atoms with Gasteiger partial charge in [0, 0.05) is 44.2 Å². The monoisotopic (exact) mass is 485 g/mol. The number of nitrogens with one attached hydrogen (secondary N) is 1. The molecule has 3 rings (SSSR count). The van der Waals surface area contributed by atoms with Gasteiger partial charge in [0.25, 0.3) is 11.2 Å². The molecule has 0 saturated carbocycles. The molecular formula is C22H19N3O10. The number of aromatic nitrogens is 2. The van der Waals surface area contributed by atoms with E-state index < -0.39 is 52.3 Å². The molecule has 2 heterocycles. The van der Waals surface area contributed by atoms with Crippen LogP contribution in [-0.2, 0) is 23.8 Å². The summed E-state index contributed by atoms with van der Waals surface area (Å²) in [6.07, 6.45) is -1.61. The summed E-state index contributed by atoms with van der Waals surface area (Å²) in [7, 11) is 0. The van der Waals surface area contributed by atoms with E-state index in [1.54, 1.807) is 0 Å². The first-order chi connectivity index (χ1) is 16.5. The van der Waals surface area contributed by atoms with Gasteiger partial charge >= 0.3 is 17.6 Å². The number of nitrogens with zero attached hydrogens (tertiary/aromatic N) is 2. The van der Waals surface area contributed by atoms with Crippen molar-refractivity contribution >= 4 is 23.4 Å². The fraction of sp³-hybridized carbons (Fsp3) is 0.318. The number of ether oxygens (including phenoxy) is 3. The summed E-state index contributed by atoms with van der Waals surface area (Å²) >= 11 is 0. The van der Waals surface area contributed by atoms with Gasteiger partial charge in [-0.2, -0.15) is 0 Å². The van der Waals surface area contributed by atoms with E-state index >= 15 is 0 Å². The van der Waals surface area contributed by atoms with Crippen molar-refractivity contribution in [3.8, 4) is 11.8 Å². The first-order valence-corrected chi connectivity index (χ1v) is 10.2. The quantitative estimate of drug-likeness (QED) is 0.199. The lowest BCUT2D eigenvalue weighted by Crippen LogP contribution is -2.34. The summed E-state index contributed by atoms with van der Waals surface area (Å²) in [6, 6.07) is 4.92. The molecule has 0 radical (unpaired) electrons. The maximum Gasteiger partial charge on any atom is 0.330 e. The zero-order valence-electron chi connectivity index (χ0n) is 18.5. The van der Waals surface area contributed by atoms with Crippen LogP contribution in [0.2, 0.25) is 0 Å². The molecule has 0 spiro atoms. The van der Waals surface area contributed by atoms with Crippen LogP contribution in [0.5, 0.6) is 0 Å². The highest BCUT2D eigenvalue weighted by Gasteiger charge is 2.39. The fourth-order valence-electron chi connectivity index (χ4n) is 3.30. The molecule has 3 atom stereocenters. The molecule has 13 heteroatoms. The lowest BCUT2D eigenvalue weighted by atomic mass is 10.1. The predicted molar refractivity (Wildman–Crippen MR) is 116 cm³/mol. The molecule has 13 nitrogen and oxygen atoms in total. The number of esters is 2. The Bertz CT molecular complexity index is 1360. The average molecular weight is 485 g/mol. The van der Waals surface area contributed by atoms with Gasteiger partial charge in [0.1, 0.15) is 30.6 Å². The summed E-state index contributed by atoms with van der Waals surface area (Å²) in [4.78, 5) is 71.8. The van der Waals surface area contributed by atoms with Crippen molar-refractivity contribution < 1.29 is 33.5 Å². The van der Waals surface area contributed by atoms with Crippen molar-refractivity contribution in [3.05, 3.63) is 72.5 Å². The van der Waals surface area contributed by atoms with Crippen LogP contribution < -0.4 is 11.2 Å². The number of aromatic amines is 1. The molecule has 1 aromatic carbocycles. The number of nitro benzene ring substituents is 1. The Morgan fingerprint density at radius 3 is 2.66 bits per heavy atom. The van der Waals surface area contributed by atoms with Crippen LogP contribution in [0.1, 0.15) is 42.4 Å². The summed E-state index contributed by atoms with van der Waals surface area (Å²) in [5, 5.41) is 10.9. The number of hydrogen-bond donors (Lipinski definition) is 1. The van der Waals surface area contributed by atoms with Gasteiger partial charge in [-0.1, -0.05) is 12.0 Å². The number of Topliss-reactive ketones (excluding diaryl/α,β-unsaturated/α-hetero) is 1. The molecule has 0 unspecified atom stereocenters. The minimum Gasteiger partial charge on any atom is -0.463 e. The maximum absolute atomic E-state index is 12.4. The second kappa shape index (κ2) is 10.6. The Kier molecular flexibility index (Phi) is 7.57. The van der Waals surface area contributed by atoms with Crippen molar-refractivity contribution in [1.29, 1.82) is 0 Å². The van der Waals surface area contributed by atoms with Gasteiger partial charge in [-0.25, -0.2) is 4.79 Å². The topological polar surface area (TPSA) is 177 Å². The van der Waals surface area contributed by atoms with Crippen LogP contribution in [0, 0.1) is 22.0 Å². The zero-order valence-corrected chi connectivity index (χ0v) is 18.5. The molecule has 1 fully saturated rings. The highest BCUT2D eigenvalue weighted by atomic mass is 16.6. The number of carbonyl (C=O) groups excluding carboxylic acids is 3. The van der Waals surface area contributed by atoms with Crippen molar-refractivity contribution in [2.24, 2.45) is 0 Å². The van der Waals surface area contributed by atoms with Gasteiger partial charge in [0.2, 0.25) is 5.78 Å². The number of non-ortho nitro benzene ring substituents is 1. The van der Waals surface area contributed by atoms with Crippen LogP contribution in [0.4, 0.5) is 5.69 Å². The van der Waals surface area contributed by atoms with Crippen molar-refractivity contribution in [1.82, 2.24) is 9.55 Å². The SMILES string of the molecule is CC(=O)OC[C@H]1O[C@@H](n2cc(C#CC(=O)c3cccc([N+](=O)[O-])c3)c(=O)[nH]c2=O)C[C@@H]1OC(C)=O. The summed E-state index contributed by atoms with van der Waals surface area (Å²) in [6.45, 7) is 2.15. The second-order valence-electron chi connectivity index (χ2n) is 7.41. The van der Waals surface area contributed by atoms with Gasteiger partial charge in [-0.3, -0.25) is 38.8 Å². The number of carbonyl (C=O) groups is 3. The lowest BCUT2D eigenvalue weighted by molar-refractivity contribution is -0.384. The first kappa shape index (κ1) is 25.1. The third-order valence-electron chi connectivity index (χ3n) is 4.86. The number of nitro groups is 1. The molecule has 0 aliphatic carbocycles. The van der Waals surface area contributed by atoms with E-state index in [1.807, 2.05) is 0 Å². The highest BCUT2D eigenvalue weighted by Crippen LogP contribution is 2.30. The van der Waals surface area contributed by atoms with E-state index in [9.17, 15) is 34.1 Å². The second-order valence-corrected chi connectivity index (χ2v) is 7.41. The van der Waals surface area contributed by atoms with E-state index in [4.69, 9.17) is 14.2 Å². The zero-order chi connectivity index (χ0) is 25.7.